The van der Waals surface area contributed by atoms with E-state index in [9.17, 15) is 9.00 Å². The molecular formula is C10H16N2O3S. The number of H-pyrrole nitrogens is 1. The molecule has 1 rings (SSSR count). The standard InChI is InChI=1S/C10H16N2O3S/c1-15-10(13)9-5-8(7-12-9)6-11-3-4-16(2)14/h5,7,11-12H,3-4,6H2,1-2H3. The van der Waals surface area contributed by atoms with Gasteiger partial charge in [0, 0.05) is 42.1 Å². The van der Waals surface area contributed by atoms with Crippen LogP contribution in [0.15, 0.2) is 12.3 Å². The number of aromatic nitrogens is 1. The van der Waals surface area contributed by atoms with E-state index in [1.54, 1.807) is 18.5 Å². The molecule has 0 aliphatic rings. The first kappa shape index (κ1) is 12.9. The van der Waals surface area contributed by atoms with Gasteiger partial charge < -0.3 is 15.0 Å². The molecule has 0 aliphatic carbocycles. The first-order valence-corrected chi connectivity index (χ1v) is 6.62. The zero-order chi connectivity index (χ0) is 12.0. The summed E-state index contributed by atoms with van der Waals surface area (Å²) in [7, 11) is 0.573. The van der Waals surface area contributed by atoms with Crippen LogP contribution in [-0.4, -0.2) is 40.8 Å². The number of hydrogen-bond donors (Lipinski definition) is 2. The zero-order valence-electron chi connectivity index (χ0n) is 9.41. The minimum Gasteiger partial charge on any atom is -0.464 e. The highest BCUT2D eigenvalue weighted by Crippen LogP contribution is 2.04. The number of nitrogens with one attached hydrogen (secondary N) is 2. The van der Waals surface area contributed by atoms with E-state index in [0.29, 0.717) is 24.5 Å². The third kappa shape index (κ3) is 4.16. The fourth-order valence-electron chi connectivity index (χ4n) is 1.22. The second-order valence-electron chi connectivity index (χ2n) is 3.37. The maximum Gasteiger partial charge on any atom is 0.354 e. The summed E-state index contributed by atoms with van der Waals surface area (Å²) in [4.78, 5) is 14.0. The molecule has 1 heterocycles. The molecule has 1 atom stereocenters. The minimum absolute atomic E-state index is 0.374. The van der Waals surface area contributed by atoms with Gasteiger partial charge in [0.05, 0.1) is 7.11 Å². The molecule has 90 valence electrons. The Balaban J connectivity index is 2.35. The Morgan fingerprint density at radius 3 is 3.00 bits per heavy atom. The Labute approximate surface area is 97.0 Å². The van der Waals surface area contributed by atoms with Crippen molar-refractivity contribution < 1.29 is 13.7 Å². The van der Waals surface area contributed by atoms with E-state index in [4.69, 9.17) is 0 Å². The highest BCUT2D eigenvalue weighted by Gasteiger charge is 2.07. The number of rotatable bonds is 6. The third-order valence-corrected chi connectivity index (χ3v) is 2.82. The fraction of sp³-hybridized carbons (Fsp3) is 0.500. The van der Waals surface area contributed by atoms with Crippen LogP contribution in [-0.2, 0) is 22.1 Å². The van der Waals surface area contributed by atoms with Crippen molar-refractivity contribution in [3.63, 3.8) is 0 Å². The highest BCUT2D eigenvalue weighted by molar-refractivity contribution is 7.84. The molecule has 1 aromatic heterocycles. The molecule has 0 aromatic carbocycles. The molecule has 5 nitrogen and oxygen atoms in total. The van der Waals surface area contributed by atoms with Crippen molar-refractivity contribution in [2.45, 2.75) is 6.54 Å². The van der Waals surface area contributed by atoms with E-state index in [1.165, 1.54) is 7.11 Å². The van der Waals surface area contributed by atoms with E-state index >= 15 is 0 Å². The molecule has 6 heteroatoms. The molecule has 0 spiro atoms. The molecule has 0 amide bonds. The van der Waals surface area contributed by atoms with E-state index in [1.807, 2.05) is 0 Å². The number of methoxy groups -OCH3 is 1. The van der Waals surface area contributed by atoms with Crippen molar-refractivity contribution in [3.05, 3.63) is 23.5 Å². The largest absolute Gasteiger partial charge is 0.464 e. The summed E-state index contributed by atoms with van der Waals surface area (Å²) < 4.78 is 15.4. The molecule has 0 saturated carbocycles. The predicted octanol–water partition coefficient (Wildman–Crippen LogP) is 0.269. The number of esters is 1. The van der Waals surface area contributed by atoms with Crippen LogP contribution in [0, 0.1) is 0 Å². The highest BCUT2D eigenvalue weighted by atomic mass is 32.2. The number of hydrogen-bond acceptors (Lipinski definition) is 4. The van der Waals surface area contributed by atoms with Gasteiger partial charge in [0.25, 0.3) is 0 Å². The Kier molecular flexibility index (Phi) is 5.21. The number of aromatic amines is 1. The molecule has 0 aliphatic heterocycles. The molecule has 1 unspecified atom stereocenters. The summed E-state index contributed by atoms with van der Waals surface area (Å²) in [5, 5.41) is 3.14. The van der Waals surface area contributed by atoms with Crippen molar-refractivity contribution in [3.8, 4) is 0 Å². The molecule has 2 N–H and O–H groups in total. The average Bonchev–Trinajstić information content (AvgIpc) is 2.71. The molecular weight excluding hydrogens is 228 g/mol. The number of carbonyl (C=O) groups excluding carboxylic acids is 1. The topological polar surface area (TPSA) is 71.2 Å². The average molecular weight is 244 g/mol. The molecule has 16 heavy (non-hydrogen) atoms. The van der Waals surface area contributed by atoms with Gasteiger partial charge in [0.2, 0.25) is 0 Å². The zero-order valence-corrected chi connectivity index (χ0v) is 10.2. The normalized spacial score (nSPS) is 12.4. The first-order valence-electron chi connectivity index (χ1n) is 4.90. The Hall–Kier alpha value is -1.14. The fourth-order valence-corrected chi connectivity index (χ4v) is 1.65. The van der Waals surface area contributed by atoms with Crippen molar-refractivity contribution in [1.82, 2.24) is 10.3 Å². The lowest BCUT2D eigenvalue weighted by molar-refractivity contribution is 0.0595. The predicted molar refractivity (Wildman–Crippen MR) is 62.8 cm³/mol. The van der Waals surface area contributed by atoms with Crippen LogP contribution in [0.1, 0.15) is 16.1 Å². The van der Waals surface area contributed by atoms with Crippen molar-refractivity contribution in [2.24, 2.45) is 0 Å². The second kappa shape index (κ2) is 6.44. The van der Waals surface area contributed by atoms with Crippen LogP contribution in [0.5, 0.6) is 0 Å². The summed E-state index contributed by atoms with van der Waals surface area (Å²) in [6, 6.07) is 1.74. The van der Waals surface area contributed by atoms with E-state index in [-0.39, 0.29) is 5.97 Å². The van der Waals surface area contributed by atoms with Crippen LogP contribution < -0.4 is 5.32 Å². The SMILES string of the molecule is COC(=O)c1cc(CNCCS(C)=O)c[nH]1. The lowest BCUT2D eigenvalue weighted by Crippen LogP contribution is -2.19. The van der Waals surface area contributed by atoms with Gasteiger partial charge in [-0.3, -0.25) is 4.21 Å². The Morgan fingerprint density at radius 2 is 2.38 bits per heavy atom. The summed E-state index contributed by atoms with van der Waals surface area (Å²) >= 11 is 0. The molecule has 1 aromatic rings. The Morgan fingerprint density at radius 1 is 1.62 bits per heavy atom. The maximum atomic E-state index is 11.1. The van der Waals surface area contributed by atoms with Gasteiger partial charge in [0.15, 0.2) is 0 Å². The lowest BCUT2D eigenvalue weighted by atomic mass is 10.3. The van der Waals surface area contributed by atoms with Crippen LogP contribution in [0.3, 0.4) is 0 Å². The van der Waals surface area contributed by atoms with Crippen molar-refractivity contribution >= 4 is 16.8 Å². The molecule has 0 saturated heterocycles. The Bertz CT molecular complexity index is 376. The van der Waals surface area contributed by atoms with Crippen molar-refractivity contribution in [2.75, 3.05) is 25.7 Å². The van der Waals surface area contributed by atoms with Gasteiger partial charge in [0.1, 0.15) is 5.69 Å². The van der Waals surface area contributed by atoms with Gasteiger partial charge in [-0.15, -0.1) is 0 Å². The van der Waals surface area contributed by atoms with Crippen LogP contribution in [0.4, 0.5) is 0 Å². The van der Waals surface area contributed by atoms with Gasteiger partial charge in [-0.1, -0.05) is 0 Å². The monoisotopic (exact) mass is 244 g/mol. The summed E-state index contributed by atoms with van der Waals surface area (Å²) in [6.07, 6.45) is 3.43. The smallest absolute Gasteiger partial charge is 0.354 e. The molecule has 0 fully saturated rings. The number of ether oxygens (including phenoxy) is 1. The van der Waals surface area contributed by atoms with Crippen LogP contribution in [0.25, 0.3) is 0 Å². The first-order chi connectivity index (χ1) is 7.63. The quantitative estimate of drug-likeness (QED) is 0.556. The maximum absolute atomic E-state index is 11.1. The van der Waals surface area contributed by atoms with Gasteiger partial charge >= 0.3 is 5.97 Å². The lowest BCUT2D eigenvalue weighted by Gasteiger charge is -2.00. The summed E-state index contributed by atoms with van der Waals surface area (Å²) in [6.45, 7) is 1.34. The minimum atomic E-state index is -0.771. The van der Waals surface area contributed by atoms with Crippen LogP contribution >= 0.6 is 0 Å². The van der Waals surface area contributed by atoms with Gasteiger partial charge in [-0.25, -0.2) is 4.79 Å². The van der Waals surface area contributed by atoms with E-state index in [2.05, 4.69) is 15.0 Å². The van der Waals surface area contributed by atoms with E-state index in [0.717, 1.165) is 5.56 Å². The third-order valence-electron chi connectivity index (χ3n) is 2.04. The van der Waals surface area contributed by atoms with Crippen molar-refractivity contribution in [1.29, 1.82) is 0 Å². The molecule has 0 radical (unpaired) electrons. The summed E-state index contributed by atoms with van der Waals surface area (Å²) in [5.41, 5.74) is 1.42. The van der Waals surface area contributed by atoms with E-state index < -0.39 is 10.8 Å². The van der Waals surface area contributed by atoms with Gasteiger partial charge in [-0.05, 0) is 11.6 Å². The number of carbonyl (C=O) groups is 1. The molecule has 0 bridgehead atoms. The van der Waals surface area contributed by atoms with Crippen LogP contribution in [0.2, 0.25) is 0 Å². The van der Waals surface area contributed by atoms with Gasteiger partial charge in [-0.2, -0.15) is 0 Å². The summed E-state index contributed by atoms with van der Waals surface area (Å²) in [5.74, 6) is 0.259. The second-order valence-corrected chi connectivity index (χ2v) is 4.92.